The maximum atomic E-state index is 12.6. The van der Waals surface area contributed by atoms with Crippen molar-refractivity contribution in [3.8, 4) is 0 Å². The van der Waals surface area contributed by atoms with Gasteiger partial charge < -0.3 is 15.1 Å². The number of rotatable bonds is 6. The first-order valence-corrected chi connectivity index (χ1v) is 6.40. The highest BCUT2D eigenvalue weighted by molar-refractivity contribution is 5.99. The molecule has 104 valence electrons. The van der Waals surface area contributed by atoms with Crippen LogP contribution in [0.4, 0.5) is 5.69 Å². The summed E-state index contributed by atoms with van der Waals surface area (Å²) in [4.78, 5) is 18.6. The van der Waals surface area contributed by atoms with Crippen molar-refractivity contribution in [1.82, 2.24) is 9.88 Å². The molecule has 0 aliphatic heterocycles. The zero-order valence-electron chi connectivity index (χ0n) is 11.3. The molecule has 19 heavy (non-hydrogen) atoms. The standard InChI is InChI=1S/C13H20N4O2/c1-9-7-12(16-14)11(8-15-9)13(18)17(5-6-19-2)10-3-4-10/h7-8,10H,3-6,14H2,1-2H3,(H,15,16). The van der Waals surface area contributed by atoms with Crippen molar-refractivity contribution < 1.29 is 9.53 Å². The largest absolute Gasteiger partial charge is 0.383 e. The lowest BCUT2D eigenvalue weighted by atomic mass is 10.2. The van der Waals surface area contributed by atoms with E-state index in [1.54, 1.807) is 19.4 Å². The Kier molecular flexibility index (Phi) is 4.34. The number of anilines is 1. The molecule has 0 saturated heterocycles. The van der Waals surface area contributed by atoms with Gasteiger partial charge >= 0.3 is 0 Å². The van der Waals surface area contributed by atoms with Crippen LogP contribution in [0.5, 0.6) is 0 Å². The fourth-order valence-corrected chi connectivity index (χ4v) is 2.03. The molecular weight excluding hydrogens is 244 g/mol. The molecule has 1 amide bonds. The van der Waals surface area contributed by atoms with E-state index >= 15 is 0 Å². The van der Waals surface area contributed by atoms with E-state index in [1.165, 1.54) is 0 Å². The van der Waals surface area contributed by atoms with E-state index in [-0.39, 0.29) is 5.91 Å². The van der Waals surface area contributed by atoms with E-state index < -0.39 is 0 Å². The van der Waals surface area contributed by atoms with Crippen molar-refractivity contribution in [3.05, 3.63) is 23.5 Å². The van der Waals surface area contributed by atoms with Gasteiger partial charge in [-0.05, 0) is 25.8 Å². The highest BCUT2D eigenvalue weighted by atomic mass is 16.5. The van der Waals surface area contributed by atoms with Crippen LogP contribution in [-0.2, 0) is 4.74 Å². The van der Waals surface area contributed by atoms with Gasteiger partial charge in [-0.3, -0.25) is 15.6 Å². The van der Waals surface area contributed by atoms with Gasteiger partial charge in [0, 0.05) is 31.6 Å². The van der Waals surface area contributed by atoms with Crippen LogP contribution in [0.2, 0.25) is 0 Å². The second kappa shape index (κ2) is 5.99. The van der Waals surface area contributed by atoms with E-state index in [9.17, 15) is 4.79 Å². The van der Waals surface area contributed by atoms with Gasteiger partial charge in [0.05, 0.1) is 17.9 Å². The third-order valence-electron chi connectivity index (χ3n) is 3.21. The lowest BCUT2D eigenvalue weighted by molar-refractivity contribution is 0.0680. The van der Waals surface area contributed by atoms with Crippen LogP contribution in [0, 0.1) is 6.92 Å². The number of methoxy groups -OCH3 is 1. The van der Waals surface area contributed by atoms with E-state index in [1.807, 2.05) is 11.8 Å². The molecule has 2 rings (SSSR count). The van der Waals surface area contributed by atoms with Gasteiger partial charge in [-0.15, -0.1) is 0 Å². The van der Waals surface area contributed by atoms with Crippen LogP contribution in [0.15, 0.2) is 12.3 Å². The van der Waals surface area contributed by atoms with Gasteiger partial charge in [0.15, 0.2) is 0 Å². The quantitative estimate of drug-likeness (QED) is 0.590. The number of amides is 1. The fraction of sp³-hybridized carbons (Fsp3) is 0.538. The molecule has 1 aliphatic rings. The molecular formula is C13H20N4O2. The summed E-state index contributed by atoms with van der Waals surface area (Å²) in [6, 6.07) is 2.10. The van der Waals surface area contributed by atoms with E-state index in [2.05, 4.69) is 10.4 Å². The first kappa shape index (κ1) is 13.8. The van der Waals surface area contributed by atoms with E-state index in [0.717, 1.165) is 18.5 Å². The summed E-state index contributed by atoms with van der Waals surface area (Å²) in [5.41, 5.74) is 4.51. The average Bonchev–Trinajstić information content (AvgIpc) is 3.23. The molecule has 1 heterocycles. The molecule has 1 aromatic heterocycles. The van der Waals surface area contributed by atoms with Gasteiger partial charge in [0.25, 0.3) is 5.91 Å². The number of hydrazine groups is 1. The number of carbonyl (C=O) groups is 1. The molecule has 0 radical (unpaired) electrons. The molecule has 6 nitrogen and oxygen atoms in total. The number of nitrogens with zero attached hydrogens (tertiary/aromatic N) is 2. The molecule has 1 fully saturated rings. The number of hydrogen-bond donors (Lipinski definition) is 2. The van der Waals surface area contributed by atoms with Crippen molar-refractivity contribution in [2.75, 3.05) is 25.7 Å². The molecule has 0 aromatic carbocycles. The molecule has 0 spiro atoms. The van der Waals surface area contributed by atoms with Crippen molar-refractivity contribution >= 4 is 11.6 Å². The number of nitrogens with one attached hydrogen (secondary N) is 1. The normalized spacial score (nSPS) is 14.3. The summed E-state index contributed by atoms with van der Waals surface area (Å²) in [7, 11) is 1.63. The van der Waals surface area contributed by atoms with Crippen LogP contribution in [0.3, 0.4) is 0 Å². The average molecular weight is 264 g/mol. The third-order valence-corrected chi connectivity index (χ3v) is 3.21. The lowest BCUT2D eigenvalue weighted by Crippen LogP contribution is -2.36. The predicted octanol–water partition coefficient (Wildman–Crippen LogP) is 0.927. The highest BCUT2D eigenvalue weighted by Crippen LogP contribution is 2.29. The first-order chi connectivity index (χ1) is 9.17. The predicted molar refractivity (Wildman–Crippen MR) is 72.7 cm³/mol. The Morgan fingerprint density at radius 2 is 2.37 bits per heavy atom. The molecule has 3 N–H and O–H groups in total. The van der Waals surface area contributed by atoms with Gasteiger partial charge in [0.1, 0.15) is 0 Å². The Morgan fingerprint density at radius 1 is 1.63 bits per heavy atom. The molecule has 0 bridgehead atoms. The number of aryl methyl sites for hydroxylation is 1. The van der Waals surface area contributed by atoms with E-state index in [4.69, 9.17) is 10.6 Å². The number of pyridine rings is 1. The zero-order valence-corrected chi connectivity index (χ0v) is 11.3. The smallest absolute Gasteiger partial charge is 0.257 e. The number of ether oxygens (including phenoxy) is 1. The number of aromatic nitrogens is 1. The number of nitrogen functional groups attached to an aromatic ring is 1. The van der Waals surface area contributed by atoms with Crippen LogP contribution in [0.1, 0.15) is 28.9 Å². The SMILES string of the molecule is COCCN(C(=O)c1cnc(C)cc1NN)C1CC1. The minimum absolute atomic E-state index is 0.0417. The van der Waals surface area contributed by atoms with Crippen LogP contribution < -0.4 is 11.3 Å². The molecule has 0 unspecified atom stereocenters. The summed E-state index contributed by atoms with van der Waals surface area (Å²) in [5, 5.41) is 0. The highest BCUT2D eigenvalue weighted by Gasteiger charge is 2.33. The molecule has 1 aromatic rings. The Balaban J connectivity index is 2.20. The Labute approximate surface area is 112 Å². The van der Waals surface area contributed by atoms with Crippen LogP contribution >= 0.6 is 0 Å². The second-order valence-corrected chi connectivity index (χ2v) is 4.74. The van der Waals surface area contributed by atoms with Gasteiger partial charge in [0.2, 0.25) is 0 Å². The fourth-order valence-electron chi connectivity index (χ4n) is 2.03. The lowest BCUT2D eigenvalue weighted by Gasteiger charge is -2.23. The third kappa shape index (κ3) is 3.21. The van der Waals surface area contributed by atoms with Gasteiger partial charge in [-0.25, -0.2) is 0 Å². The second-order valence-electron chi connectivity index (χ2n) is 4.74. The summed E-state index contributed by atoms with van der Waals surface area (Å²) in [5.74, 6) is 5.43. The van der Waals surface area contributed by atoms with Crippen LogP contribution in [0.25, 0.3) is 0 Å². The first-order valence-electron chi connectivity index (χ1n) is 6.40. The number of carbonyl (C=O) groups excluding carboxylic acids is 1. The Morgan fingerprint density at radius 3 is 2.95 bits per heavy atom. The summed E-state index contributed by atoms with van der Waals surface area (Å²) >= 11 is 0. The van der Waals surface area contributed by atoms with Gasteiger partial charge in [-0.2, -0.15) is 0 Å². The molecule has 1 saturated carbocycles. The molecule has 1 aliphatic carbocycles. The number of nitrogens with two attached hydrogens (primary N) is 1. The van der Waals surface area contributed by atoms with Crippen molar-refractivity contribution in [1.29, 1.82) is 0 Å². The van der Waals surface area contributed by atoms with Crippen molar-refractivity contribution in [3.63, 3.8) is 0 Å². The summed E-state index contributed by atoms with van der Waals surface area (Å²) < 4.78 is 5.06. The number of hydrogen-bond acceptors (Lipinski definition) is 5. The Hall–Kier alpha value is -1.66. The minimum atomic E-state index is -0.0417. The van der Waals surface area contributed by atoms with Crippen molar-refractivity contribution in [2.45, 2.75) is 25.8 Å². The Bertz CT molecular complexity index is 460. The van der Waals surface area contributed by atoms with Crippen LogP contribution in [-0.4, -0.2) is 42.1 Å². The minimum Gasteiger partial charge on any atom is -0.383 e. The van der Waals surface area contributed by atoms with Crippen molar-refractivity contribution in [2.24, 2.45) is 5.84 Å². The van der Waals surface area contributed by atoms with Gasteiger partial charge in [-0.1, -0.05) is 0 Å². The summed E-state index contributed by atoms with van der Waals surface area (Å²) in [6.45, 7) is 2.99. The monoisotopic (exact) mass is 264 g/mol. The zero-order chi connectivity index (χ0) is 13.8. The molecule has 6 heteroatoms. The summed E-state index contributed by atoms with van der Waals surface area (Å²) in [6.07, 6.45) is 3.69. The molecule has 0 atom stereocenters. The topological polar surface area (TPSA) is 80.5 Å². The maximum absolute atomic E-state index is 12.6. The maximum Gasteiger partial charge on any atom is 0.257 e. The van der Waals surface area contributed by atoms with E-state index in [0.29, 0.717) is 30.4 Å².